The van der Waals surface area contributed by atoms with E-state index in [0.717, 1.165) is 26.8 Å². The summed E-state index contributed by atoms with van der Waals surface area (Å²) >= 11 is 1.45. The first-order valence-electron chi connectivity index (χ1n) is 9.37. The molecular formula is C21H20N6O2S2. The van der Waals surface area contributed by atoms with Crippen LogP contribution in [0.4, 0.5) is 10.8 Å². The number of nitrogens with zero attached hydrogens (tertiary/aromatic N) is 3. The van der Waals surface area contributed by atoms with E-state index in [9.17, 15) is 8.42 Å². The largest absolute Gasteiger partial charge is 0.345 e. The molecule has 1 saturated heterocycles. The van der Waals surface area contributed by atoms with Crippen molar-refractivity contribution in [2.24, 2.45) is 0 Å². The van der Waals surface area contributed by atoms with Gasteiger partial charge in [-0.2, -0.15) is 5.26 Å². The van der Waals surface area contributed by atoms with E-state index in [0.29, 0.717) is 10.7 Å². The lowest BCUT2D eigenvalue weighted by molar-refractivity contribution is 0.418. The van der Waals surface area contributed by atoms with Crippen molar-refractivity contribution in [1.82, 2.24) is 14.6 Å². The Morgan fingerprint density at radius 3 is 2.71 bits per heavy atom. The van der Waals surface area contributed by atoms with Crippen LogP contribution in [0.2, 0.25) is 0 Å². The first-order valence-corrected chi connectivity index (χ1v) is 11.9. The van der Waals surface area contributed by atoms with Gasteiger partial charge in [-0.15, -0.1) is 11.3 Å². The van der Waals surface area contributed by atoms with Gasteiger partial charge in [0.1, 0.15) is 0 Å². The molecule has 0 bridgehead atoms. The van der Waals surface area contributed by atoms with Crippen LogP contribution >= 0.6 is 11.3 Å². The Hall–Kier alpha value is -3.42. The molecule has 3 N–H and O–H groups in total. The average molecular weight is 453 g/mol. The van der Waals surface area contributed by atoms with Gasteiger partial charge in [-0.1, -0.05) is 24.3 Å². The molecule has 1 aliphatic rings. The van der Waals surface area contributed by atoms with Crippen molar-refractivity contribution >= 4 is 38.1 Å². The summed E-state index contributed by atoms with van der Waals surface area (Å²) in [6.45, 7) is 1.78. The van der Waals surface area contributed by atoms with E-state index in [2.05, 4.69) is 21.7 Å². The highest BCUT2D eigenvalue weighted by Crippen LogP contribution is 2.31. The van der Waals surface area contributed by atoms with Crippen molar-refractivity contribution in [3.05, 3.63) is 65.0 Å². The molecule has 1 atom stereocenters. The Labute approximate surface area is 184 Å². The van der Waals surface area contributed by atoms with Crippen molar-refractivity contribution < 1.29 is 8.42 Å². The molecule has 0 saturated carbocycles. The Balaban J connectivity index is 1.56. The highest BCUT2D eigenvalue weighted by atomic mass is 32.2. The van der Waals surface area contributed by atoms with E-state index in [-0.39, 0.29) is 11.7 Å². The number of rotatable bonds is 4. The molecule has 4 rings (SSSR count). The average Bonchev–Trinajstić information content (AvgIpc) is 3.20. The van der Waals surface area contributed by atoms with Crippen LogP contribution in [0.3, 0.4) is 0 Å². The second-order valence-electron chi connectivity index (χ2n) is 7.46. The number of hydrogen-bond donors (Lipinski definition) is 3. The van der Waals surface area contributed by atoms with E-state index < -0.39 is 15.6 Å². The summed E-state index contributed by atoms with van der Waals surface area (Å²) in [5.74, 6) is -0.304. The van der Waals surface area contributed by atoms with Crippen molar-refractivity contribution in [2.45, 2.75) is 12.5 Å². The predicted octanol–water partition coefficient (Wildman–Crippen LogP) is 3.44. The minimum Gasteiger partial charge on any atom is -0.345 e. The number of thiazole rings is 1. The SMILES string of the molecule is CN1C(=N)NC(C)(c2cccc(Nc3nc(-c4ccc(C#N)cc4)cs3)c2)CS1(=O)=O. The second kappa shape index (κ2) is 7.68. The van der Waals surface area contributed by atoms with Gasteiger partial charge in [0.2, 0.25) is 16.0 Å². The zero-order valence-corrected chi connectivity index (χ0v) is 18.5. The quantitative estimate of drug-likeness (QED) is 0.557. The van der Waals surface area contributed by atoms with Gasteiger partial charge in [0, 0.05) is 23.7 Å². The smallest absolute Gasteiger partial charge is 0.239 e. The van der Waals surface area contributed by atoms with Gasteiger partial charge in [0.15, 0.2) is 5.13 Å². The van der Waals surface area contributed by atoms with Gasteiger partial charge in [-0.25, -0.2) is 17.7 Å². The van der Waals surface area contributed by atoms with Crippen molar-refractivity contribution in [3.8, 4) is 17.3 Å². The zero-order chi connectivity index (χ0) is 22.2. The molecule has 0 spiro atoms. The molecule has 1 fully saturated rings. The van der Waals surface area contributed by atoms with Crippen LogP contribution in [0.15, 0.2) is 53.9 Å². The molecule has 0 amide bonds. The van der Waals surface area contributed by atoms with Crippen molar-refractivity contribution in [2.75, 3.05) is 18.1 Å². The molecule has 31 heavy (non-hydrogen) atoms. The summed E-state index contributed by atoms with van der Waals surface area (Å²) in [5.41, 5.74) is 2.92. The van der Waals surface area contributed by atoms with Gasteiger partial charge in [0.05, 0.1) is 28.6 Å². The van der Waals surface area contributed by atoms with E-state index in [1.807, 2.05) is 41.8 Å². The fourth-order valence-electron chi connectivity index (χ4n) is 3.38. The third-order valence-electron chi connectivity index (χ3n) is 5.16. The number of nitriles is 1. The molecule has 1 aromatic heterocycles. The summed E-state index contributed by atoms with van der Waals surface area (Å²) in [5, 5.41) is 25.8. The molecular weight excluding hydrogens is 432 g/mol. The topological polar surface area (TPSA) is 122 Å². The summed E-state index contributed by atoms with van der Waals surface area (Å²) in [6.07, 6.45) is 0. The molecule has 2 aromatic carbocycles. The number of sulfonamides is 1. The maximum atomic E-state index is 12.4. The van der Waals surface area contributed by atoms with Crippen LogP contribution in [0, 0.1) is 16.7 Å². The molecule has 2 heterocycles. The summed E-state index contributed by atoms with van der Waals surface area (Å²) < 4.78 is 25.8. The summed E-state index contributed by atoms with van der Waals surface area (Å²) in [4.78, 5) is 4.61. The number of hydrogen-bond acceptors (Lipinski definition) is 7. The van der Waals surface area contributed by atoms with Gasteiger partial charge in [-0.05, 0) is 36.8 Å². The highest BCUT2D eigenvalue weighted by molar-refractivity contribution is 7.89. The van der Waals surface area contributed by atoms with Crippen LogP contribution in [0.25, 0.3) is 11.3 Å². The number of anilines is 2. The van der Waals surface area contributed by atoms with Crippen molar-refractivity contribution in [1.29, 1.82) is 10.7 Å². The van der Waals surface area contributed by atoms with Gasteiger partial charge < -0.3 is 10.6 Å². The maximum absolute atomic E-state index is 12.4. The van der Waals surface area contributed by atoms with Gasteiger partial charge in [-0.3, -0.25) is 5.41 Å². The first-order chi connectivity index (χ1) is 14.7. The van der Waals surface area contributed by atoms with E-state index >= 15 is 0 Å². The molecule has 1 unspecified atom stereocenters. The summed E-state index contributed by atoms with van der Waals surface area (Å²) in [7, 11) is -2.20. The molecule has 8 nitrogen and oxygen atoms in total. The number of aromatic nitrogens is 1. The lowest BCUT2D eigenvalue weighted by Crippen LogP contribution is -2.60. The minimum atomic E-state index is -3.58. The number of benzene rings is 2. The lowest BCUT2D eigenvalue weighted by atomic mass is 9.93. The van der Waals surface area contributed by atoms with Crippen LogP contribution in [0.5, 0.6) is 0 Å². The Bertz CT molecular complexity index is 1290. The Morgan fingerprint density at radius 1 is 1.29 bits per heavy atom. The highest BCUT2D eigenvalue weighted by Gasteiger charge is 2.41. The molecule has 3 aromatic rings. The van der Waals surface area contributed by atoms with Crippen LogP contribution in [-0.4, -0.2) is 36.5 Å². The number of guanidine groups is 1. The fraction of sp³-hybridized carbons (Fsp3) is 0.190. The van der Waals surface area contributed by atoms with Crippen LogP contribution in [0.1, 0.15) is 18.1 Å². The molecule has 0 radical (unpaired) electrons. The number of nitrogens with one attached hydrogen (secondary N) is 3. The molecule has 0 aliphatic carbocycles. The molecule has 10 heteroatoms. The normalized spacial score (nSPS) is 20.0. The monoisotopic (exact) mass is 452 g/mol. The van der Waals surface area contributed by atoms with Crippen LogP contribution < -0.4 is 10.6 Å². The van der Waals surface area contributed by atoms with Gasteiger partial charge >= 0.3 is 0 Å². The van der Waals surface area contributed by atoms with Gasteiger partial charge in [0.25, 0.3) is 0 Å². The third kappa shape index (κ3) is 4.10. The van der Waals surface area contributed by atoms with E-state index in [4.69, 9.17) is 10.7 Å². The summed E-state index contributed by atoms with van der Waals surface area (Å²) in [6, 6.07) is 16.8. The van der Waals surface area contributed by atoms with Crippen LogP contribution in [-0.2, 0) is 15.6 Å². The van der Waals surface area contributed by atoms with Crippen molar-refractivity contribution in [3.63, 3.8) is 0 Å². The lowest BCUT2D eigenvalue weighted by Gasteiger charge is -2.40. The zero-order valence-electron chi connectivity index (χ0n) is 16.9. The minimum absolute atomic E-state index is 0.150. The fourth-order valence-corrected chi connectivity index (χ4v) is 5.60. The maximum Gasteiger partial charge on any atom is 0.239 e. The Morgan fingerprint density at radius 2 is 2.03 bits per heavy atom. The molecule has 1 aliphatic heterocycles. The standard InChI is InChI=1S/C21H20N6O2S2/c1-21(13-31(28,29)27(2)19(23)26-21)16-4-3-5-17(10-16)24-20-25-18(12-30-20)15-8-6-14(11-22)7-9-15/h3-10,12H,13H2,1-2H3,(H2,23,26)(H,24,25). The second-order valence-corrected chi connectivity index (χ2v) is 10.3. The Kier molecular flexibility index (Phi) is 5.16. The predicted molar refractivity (Wildman–Crippen MR) is 122 cm³/mol. The van der Waals surface area contributed by atoms with E-state index in [1.165, 1.54) is 18.4 Å². The first kappa shape index (κ1) is 20.8. The van der Waals surface area contributed by atoms with E-state index in [1.54, 1.807) is 19.1 Å². The molecule has 158 valence electrons. The third-order valence-corrected chi connectivity index (χ3v) is 7.88.